The number of aliphatic hydroxyl groups excluding tert-OH is 1. The number of sulfone groups is 1. The first-order valence-corrected chi connectivity index (χ1v) is 14.5. The van der Waals surface area contributed by atoms with E-state index in [1.165, 1.54) is 0 Å². The molecule has 3 N–H and O–H groups in total. The number of aliphatic hydroxyl groups is 1. The highest BCUT2D eigenvalue weighted by Crippen LogP contribution is 2.33. The van der Waals surface area contributed by atoms with Gasteiger partial charge in [0.1, 0.15) is 11.9 Å². The number of hydrazine groups is 1. The molecule has 0 fully saturated rings. The predicted octanol–water partition coefficient (Wildman–Crippen LogP) is 3.27. The van der Waals surface area contributed by atoms with Crippen molar-refractivity contribution in [2.45, 2.75) is 63.5 Å². The molecule has 0 aliphatic carbocycles. The number of hydrogen-bond donors (Lipinski definition) is 3. The van der Waals surface area contributed by atoms with Gasteiger partial charge in [0.15, 0.2) is 15.4 Å². The van der Waals surface area contributed by atoms with Gasteiger partial charge >= 0.3 is 0 Å². The molecule has 2 atom stereocenters. The molecule has 0 radical (unpaired) electrons. The fourth-order valence-corrected chi connectivity index (χ4v) is 5.36. The highest BCUT2D eigenvalue weighted by Gasteiger charge is 2.50. The van der Waals surface area contributed by atoms with Crippen molar-refractivity contribution >= 4 is 21.6 Å². The first-order valence-electron chi connectivity index (χ1n) is 12.9. The SMILES string of the molecule is C[C@@H]1OC(c2ccc(OCCCO)cc2)=N[C@]1(CCS(=O)(=O)c1ccccc1)C(=O)NNCCC(C)(C)C. The van der Waals surface area contributed by atoms with Crippen molar-refractivity contribution in [3.63, 3.8) is 0 Å². The zero-order chi connectivity index (χ0) is 27.8. The molecule has 9 nitrogen and oxygen atoms in total. The van der Waals surface area contributed by atoms with Crippen LogP contribution in [0.25, 0.3) is 0 Å². The van der Waals surface area contributed by atoms with Crippen LogP contribution in [0.15, 0.2) is 64.5 Å². The molecule has 2 aromatic carbocycles. The molecule has 38 heavy (non-hydrogen) atoms. The lowest BCUT2D eigenvalue weighted by Crippen LogP contribution is -2.55. The molecule has 0 spiro atoms. The van der Waals surface area contributed by atoms with E-state index >= 15 is 0 Å². The molecule has 0 saturated heterocycles. The molecular formula is C28H39N3O6S. The summed E-state index contributed by atoms with van der Waals surface area (Å²) in [6.45, 7) is 9.06. The van der Waals surface area contributed by atoms with Gasteiger partial charge in [-0.1, -0.05) is 39.0 Å². The van der Waals surface area contributed by atoms with Gasteiger partial charge in [0.05, 0.1) is 17.3 Å². The average molecular weight is 546 g/mol. The highest BCUT2D eigenvalue weighted by atomic mass is 32.2. The Morgan fingerprint density at radius 1 is 1.13 bits per heavy atom. The Labute approximate surface area is 225 Å². The third-order valence-corrected chi connectivity index (χ3v) is 8.12. The summed E-state index contributed by atoms with van der Waals surface area (Å²) in [7, 11) is -3.65. The molecule has 0 saturated carbocycles. The zero-order valence-electron chi connectivity index (χ0n) is 22.6. The van der Waals surface area contributed by atoms with Gasteiger partial charge < -0.3 is 14.6 Å². The molecule has 0 aromatic heterocycles. The molecule has 1 heterocycles. The Balaban J connectivity index is 1.83. The molecule has 0 bridgehead atoms. The van der Waals surface area contributed by atoms with Crippen LogP contribution in [0.5, 0.6) is 5.75 Å². The number of carbonyl (C=O) groups excluding carboxylic acids is 1. The molecule has 0 unspecified atom stereocenters. The monoisotopic (exact) mass is 545 g/mol. The van der Waals surface area contributed by atoms with Gasteiger partial charge in [-0.3, -0.25) is 10.2 Å². The van der Waals surface area contributed by atoms with Crippen LogP contribution in [-0.4, -0.2) is 62.5 Å². The number of nitrogens with zero attached hydrogens (tertiary/aromatic N) is 1. The standard InChI is InChI=1S/C28H39N3O6S/c1-21-28(26(33)31-29-17-15-27(2,3)4,16-20-38(34,35)24-9-6-5-7-10-24)30-25(37-21)22-11-13-23(14-12-22)36-19-8-18-32/h5-7,9-14,21,29,32H,8,15-20H2,1-4H3,(H,31,33)/t21-,28-/m0/s1. The van der Waals surface area contributed by atoms with Crippen molar-refractivity contribution in [2.75, 3.05) is 25.5 Å². The van der Waals surface area contributed by atoms with Crippen LogP contribution in [0.3, 0.4) is 0 Å². The fourth-order valence-electron chi connectivity index (χ4n) is 3.98. The summed E-state index contributed by atoms with van der Waals surface area (Å²) < 4.78 is 37.8. The van der Waals surface area contributed by atoms with E-state index in [4.69, 9.17) is 19.6 Å². The van der Waals surface area contributed by atoms with Gasteiger partial charge in [-0.15, -0.1) is 0 Å². The summed E-state index contributed by atoms with van der Waals surface area (Å²) in [6, 6.07) is 15.3. The molecule has 1 aliphatic heterocycles. The summed E-state index contributed by atoms with van der Waals surface area (Å²) in [5, 5.41) is 8.93. The fraction of sp³-hybridized carbons (Fsp3) is 0.500. The Bertz CT molecular complexity index is 1190. The number of carbonyl (C=O) groups is 1. The maximum Gasteiger partial charge on any atom is 0.266 e. The number of rotatable bonds is 13. The van der Waals surface area contributed by atoms with Gasteiger partial charge in [-0.25, -0.2) is 18.8 Å². The predicted molar refractivity (Wildman–Crippen MR) is 147 cm³/mol. The Morgan fingerprint density at radius 2 is 1.82 bits per heavy atom. The molecular weight excluding hydrogens is 506 g/mol. The second-order valence-corrected chi connectivity index (χ2v) is 12.7. The van der Waals surface area contributed by atoms with E-state index in [-0.39, 0.29) is 35.0 Å². The number of amides is 1. The summed E-state index contributed by atoms with van der Waals surface area (Å²) in [4.78, 5) is 18.4. The summed E-state index contributed by atoms with van der Waals surface area (Å²) in [6.07, 6.45) is 0.607. The van der Waals surface area contributed by atoms with Gasteiger partial charge in [0, 0.05) is 25.1 Å². The second-order valence-electron chi connectivity index (χ2n) is 10.6. The van der Waals surface area contributed by atoms with Crippen LogP contribution in [0.2, 0.25) is 0 Å². The summed E-state index contributed by atoms with van der Waals surface area (Å²) in [5.41, 5.74) is 5.00. The number of ether oxygens (including phenoxy) is 2. The van der Waals surface area contributed by atoms with Crippen LogP contribution in [0.4, 0.5) is 0 Å². The molecule has 3 rings (SSSR count). The minimum atomic E-state index is -3.65. The van der Waals surface area contributed by atoms with Crippen LogP contribution in [-0.2, 0) is 19.4 Å². The smallest absolute Gasteiger partial charge is 0.266 e. The molecule has 2 aromatic rings. The van der Waals surface area contributed by atoms with E-state index < -0.39 is 27.4 Å². The first kappa shape index (κ1) is 29.6. The van der Waals surface area contributed by atoms with Crippen LogP contribution < -0.4 is 15.6 Å². The van der Waals surface area contributed by atoms with E-state index in [9.17, 15) is 13.2 Å². The van der Waals surface area contributed by atoms with E-state index in [0.29, 0.717) is 30.9 Å². The van der Waals surface area contributed by atoms with Gasteiger partial charge in [0.2, 0.25) is 5.90 Å². The number of nitrogens with one attached hydrogen (secondary N) is 2. The largest absolute Gasteiger partial charge is 0.494 e. The first-order chi connectivity index (χ1) is 18.0. The van der Waals surface area contributed by atoms with E-state index in [1.54, 1.807) is 61.5 Å². The maximum atomic E-state index is 13.5. The molecule has 1 amide bonds. The van der Waals surface area contributed by atoms with Crippen LogP contribution >= 0.6 is 0 Å². The number of benzene rings is 2. The Kier molecular flexibility index (Phi) is 9.92. The van der Waals surface area contributed by atoms with Gasteiger partial charge in [-0.05, 0) is 61.6 Å². The summed E-state index contributed by atoms with van der Waals surface area (Å²) in [5.74, 6) is 0.187. The Morgan fingerprint density at radius 3 is 2.45 bits per heavy atom. The van der Waals surface area contributed by atoms with E-state index in [2.05, 4.69) is 31.6 Å². The lowest BCUT2D eigenvalue weighted by atomic mass is 9.90. The van der Waals surface area contributed by atoms with Crippen molar-refractivity contribution < 1.29 is 27.8 Å². The van der Waals surface area contributed by atoms with Crippen LogP contribution in [0.1, 0.15) is 52.5 Å². The maximum absolute atomic E-state index is 13.5. The van der Waals surface area contributed by atoms with Crippen molar-refractivity contribution in [1.82, 2.24) is 10.9 Å². The van der Waals surface area contributed by atoms with Crippen molar-refractivity contribution in [2.24, 2.45) is 10.4 Å². The quantitative estimate of drug-likeness (QED) is 0.260. The van der Waals surface area contributed by atoms with Crippen molar-refractivity contribution in [1.29, 1.82) is 0 Å². The molecule has 1 aliphatic rings. The number of aliphatic imine (C=N–C) groups is 1. The molecule has 208 valence electrons. The van der Waals surface area contributed by atoms with Gasteiger partial charge in [0.25, 0.3) is 5.91 Å². The minimum Gasteiger partial charge on any atom is -0.494 e. The van der Waals surface area contributed by atoms with Crippen LogP contribution in [0, 0.1) is 5.41 Å². The average Bonchev–Trinajstić information content (AvgIpc) is 3.23. The zero-order valence-corrected chi connectivity index (χ0v) is 23.4. The van der Waals surface area contributed by atoms with E-state index in [1.807, 2.05) is 0 Å². The van der Waals surface area contributed by atoms with Crippen molar-refractivity contribution in [3.05, 3.63) is 60.2 Å². The molecule has 10 heteroatoms. The second kappa shape index (κ2) is 12.7. The third-order valence-electron chi connectivity index (χ3n) is 6.38. The van der Waals surface area contributed by atoms with Gasteiger partial charge in [-0.2, -0.15) is 0 Å². The van der Waals surface area contributed by atoms with Crippen molar-refractivity contribution in [3.8, 4) is 5.75 Å². The Hall–Kier alpha value is -2.95. The lowest BCUT2D eigenvalue weighted by molar-refractivity contribution is -0.129. The normalized spacial score (nSPS) is 19.5. The topological polar surface area (TPSA) is 126 Å². The summed E-state index contributed by atoms with van der Waals surface area (Å²) >= 11 is 0. The van der Waals surface area contributed by atoms with E-state index in [0.717, 1.165) is 6.42 Å². The third kappa shape index (κ3) is 7.78. The highest BCUT2D eigenvalue weighted by molar-refractivity contribution is 7.91. The lowest BCUT2D eigenvalue weighted by Gasteiger charge is -2.28. The number of hydrogen-bond acceptors (Lipinski definition) is 8. The minimum absolute atomic E-state index is 0.0514.